The Hall–Kier alpha value is -1.00. The lowest BCUT2D eigenvalue weighted by molar-refractivity contribution is -0.180. The minimum Gasteiger partial charge on any atom is -0.481 e. The molecule has 0 aliphatic heterocycles. The van der Waals surface area contributed by atoms with Gasteiger partial charge in [-0.1, -0.05) is 25.5 Å². The van der Waals surface area contributed by atoms with Crippen LogP contribution in [0.15, 0.2) is 11.6 Å². The van der Waals surface area contributed by atoms with E-state index >= 15 is 0 Å². The zero-order valence-corrected chi connectivity index (χ0v) is 10.4. The van der Waals surface area contributed by atoms with Gasteiger partial charge in [-0.3, -0.25) is 4.79 Å². The molecule has 3 aliphatic rings. The van der Waals surface area contributed by atoms with Crippen molar-refractivity contribution in [2.75, 3.05) is 0 Å². The van der Waals surface area contributed by atoms with Crippen molar-refractivity contribution in [1.82, 2.24) is 0 Å². The lowest BCUT2D eigenvalue weighted by Crippen LogP contribution is -2.50. The number of carboxylic acids is 1. The van der Waals surface area contributed by atoms with Crippen LogP contribution in [-0.4, -0.2) is 17.3 Å². The Bertz CT molecular complexity index is 396. The van der Waals surface area contributed by atoms with E-state index in [4.69, 9.17) is 5.11 Å². The molecule has 0 aromatic heterocycles. The molecule has 3 aliphatic carbocycles. The average molecular weight is 262 g/mol. The number of carboxylic acid groups (broad SMARTS) is 1. The number of hydrogen-bond donors (Lipinski definition) is 1. The van der Waals surface area contributed by atoms with E-state index in [-0.39, 0.29) is 11.3 Å². The van der Waals surface area contributed by atoms with Gasteiger partial charge >= 0.3 is 12.1 Å². The third kappa shape index (κ3) is 2.04. The lowest BCUT2D eigenvalue weighted by Gasteiger charge is -2.57. The molecular weight excluding hydrogens is 245 g/mol. The Morgan fingerprint density at radius 1 is 1.56 bits per heavy atom. The molecule has 1 saturated carbocycles. The number of fused-ring (bicyclic) bond motifs is 1. The minimum atomic E-state index is -4.47. The average Bonchev–Trinajstić information content (AvgIpc) is 2.24. The van der Waals surface area contributed by atoms with Crippen LogP contribution in [0.2, 0.25) is 0 Å². The van der Waals surface area contributed by atoms with Crippen molar-refractivity contribution in [1.29, 1.82) is 0 Å². The molecule has 1 N–H and O–H groups in total. The van der Waals surface area contributed by atoms with E-state index in [1.54, 1.807) is 6.08 Å². The molecular formula is C13H17F3O2. The predicted octanol–water partition coefficient (Wildman–Crippen LogP) is 3.63. The molecule has 0 aromatic rings. The SMILES string of the molecule is CC1(C)C2CC=C(C(CC(=O)O)C(F)(F)F)C1C2. The monoisotopic (exact) mass is 262 g/mol. The quantitative estimate of drug-likeness (QED) is 0.788. The van der Waals surface area contributed by atoms with Gasteiger partial charge in [0.25, 0.3) is 0 Å². The van der Waals surface area contributed by atoms with Crippen LogP contribution < -0.4 is 0 Å². The summed E-state index contributed by atoms with van der Waals surface area (Å²) in [6, 6.07) is 0. The number of rotatable bonds is 3. The van der Waals surface area contributed by atoms with E-state index < -0.39 is 24.5 Å². The first-order valence-electron chi connectivity index (χ1n) is 6.12. The normalized spacial score (nSPS) is 31.3. The predicted molar refractivity (Wildman–Crippen MR) is 59.9 cm³/mol. The van der Waals surface area contributed by atoms with Crippen molar-refractivity contribution in [3.8, 4) is 0 Å². The molecule has 3 atom stereocenters. The maximum absolute atomic E-state index is 13.0. The van der Waals surface area contributed by atoms with Crippen LogP contribution in [0, 0.1) is 23.2 Å². The second kappa shape index (κ2) is 4.00. The van der Waals surface area contributed by atoms with Crippen molar-refractivity contribution in [3.63, 3.8) is 0 Å². The highest BCUT2D eigenvalue weighted by atomic mass is 19.4. The van der Waals surface area contributed by atoms with E-state index in [0.717, 1.165) is 6.42 Å². The molecule has 0 aromatic carbocycles. The Labute approximate surface area is 104 Å². The van der Waals surface area contributed by atoms with Crippen LogP contribution in [0.3, 0.4) is 0 Å². The molecule has 0 radical (unpaired) electrons. The maximum atomic E-state index is 13.0. The summed E-state index contributed by atoms with van der Waals surface area (Å²) in [5.41, 5.74) is 0.184. The van der Waals surface area contributed by atoms with E-state index in [1.807, 2.05) is 13.8 Å². The van der Waals surface area contributed by atoms with Gasteiger partial charge in [-0.05, 0) is 30.1 Å². The Kier molecular flexibility index (Phi) is 2.98. The second-order valence-corrected chi connectivity index (χ2v) is 5.94. The van der Waals surface area contributed by atoms with Gasteiger partial charge in [0.2, 0.25) is 0 Å². The fourth-order valence-electron chi connectivity index (χ4n) is 3.38. The van der Waals surface area contributed by atoms with Crippen molar-refractivity contribution >= 4 is 5.97 Å². The number of allylic oxidation sites excluding steroid dienone is 2. The number of hydrogen-bond acceptors (Lipinski definition) is 1. The van der Waals surface area contributed by atoms with Crippen molar-refractivity contribution < 1.29 is 23.1 Å². The molecule has 1 fully saturated rings. The molecule has 0 spiro atoms. The summed E-state index contributed by atoms with van der Waals surface area (Å²) in [5, 5.41) is 8.68. The molecule has 0 saturated heterocycles. The molecule has 3 unspecified atom stereocenters. The highest BCUT2D eigenvalue weighted by molar-refractivity contribution is 5.67. The zero-order valence-electron chi connectivity index (χ0n) is 10.4. The van der Waals surface area contributed by atoms with Gasteiger partial charge in [0.05, 0.1) is 12.3 Å². The highest BCUT2D eigenvalue weighted by Gasteiger charge is 2.56. The second-order valence-electron chi connectivity index (χ2n) is 5.94. The molecule has 0 heterocycles. The van der Waals surface area contributed by atoms with Gasteiger partial charge in [-0.15, -0.1) is 0 Å². The summed E-state index contributed by atoms with van der Waals surface area (Å²) in [6.07, 6.45) is -2.28. The van der Waals surface area contributed by atoms with Crippen molar-refractivity contribution in [2.24, 2.45) is 23.2 Å². The van der Waals surface area contributed by atoms with E-state index in [9.17, 15) is 18.0 Å². The summed E-state index contributed by atoms with van der Waals surface area (Å²) in [4.78, 5) is 10.7. The molecule has 5 heteroatoms. The maximum Gasteiger partial charge on any atom is 0.395 e. The van der Waals surface area contributed by atoms with Gasteiger partial charge in [0.1, 0.15) is 0 Å². The van der Waals surface area contributed by atoms with Crippen LogP contribution in [0.1, 0.15) is 33.1 Å². The summed E-state index contributed by atoms with van der Waals surface area (Å²) in [5.74, 6) is -2.87. The first kappa shape index (κ1) is 13.4. The van der Waals surface area contributed by atoms with Gasteiger partial charge < -0.3 is 5.11 Å². The first-order chi connectivity index (χ1) is 8.14. The van der Waals surface area contributed by atoms with Crippen LogP contribution >= 0.6 is 0 Å². The fraction of sp³-hybridized carbons (Fsp3) is 0.769. The Balaban J connectivity index is 2.27. The number of aliphatic carboxylic acids is 1. The van der Waals surface area contributed by atoms with Gasteiger partial charge in [0, 0.05) is 0 Å². The number of halogens is 3. The van der Waals surface area contributed by atoms with Crippen LogP contribution in [0.4, 0.5) is 13.2 Å². The highest BCUT2D eigenvalue weighted by Crippen LogP contribution is 2.61. The first-order valence-corrected chi connectivity index (χ1v) is 6.12. The van der Waals surface area contributed by atoms with Gasteiger partial charge in [-0.2, -0.15) is 13.2 Å². The lowest BCUT2D eigenvalue weighted by atomic mass is 9.47. The topological polar surface area (TPSA) is 37.3 Å². The molecule has 102 valence electrons. The molecule has 2 nitrogen and oxygen atoms in total. The van der Waals surface area contributed by atoms with Crippen LogP contribution in [0.5, 0.6) is 0 Å². The third-order valence-electron chi connectivity index (χ3n) is 4.69. The van der Waals surface area contributed by atoms with Gasteiger partial charge in [-0.25, -0.2) is 0 Å². The fourth-order valence-corrected chi connectivity index (χ4v) is 3.38. The standard InChI is InChI=1S/C13H17F3O2/c1-12(2)7-3-4-8(9(12)5-7)10(6-11(17)18)13(14,15)16/h4,7,9-10H,3,5-6H2,1-2H3,(H,17,18). The molecule has 18 heavy (non-hydrogen) atoms. The van der Waals surface area contributed by atoms with Crippen LogP contribution in [-0.2, 0) is 4.79 Å². The molecule has 0 amide bonds. The van der Waals surface area contributed by atoms with E-state index in [2.05, 4.69) is 0 Å². The number of alkyl halides is 3. The molecule has 3 rings (SSSR count). The number of carbonyl (C=O) groups is 1. The summed E-state index contributed by atoms with van der Waals surface area (Å²) in [7, 11) is 0. The van der Waals surface area contributed by atoms with Gasteiger partial charge in [0.15, 0.2) is 0 Å². The minimum absolute atomic E-state index is 0.109. The largest absolute Gasteiger partial charge is 0.481 e. The van der Waals surface area contributed by atoms with Crippen LogP contribution in [0.25, 0.3) is 0 Å². The van der Waals surface area contributed by atoms with E-state index in [0.29, 0.717) is 17.9 Å². The summed E-state index contributed by atoms with van der Waals surface area (Å²) >= 11 is 0. The smallest absolute Gasteiger partial charge is 0.395 e. The summed E-state index contributed by atoms with van der Waals surface area (Å²) < 4.78 is 39.0. The zero-order chi connectivity index (χ0) is 13.7. The Morgan fingerprint density at radius 2 is 2.17 bits per heavy atom. The third-order valence-corrected chi connectivity index (χ3v) is 4.69. The Morgan fingerprint density at radius 3 is 2.56 bits per heavy atom. The molecule has 2 bridgehead atoms. The van der Waals surface area contributed by atoms with Crippen molar-refractivity contribution in [3.05, 3.63) is 11.6 Å². The van der Waals surface area contributed by atoms with Crippen molar-refractivity contribution in [2.45, 2.75) is 39.3 Å². The summed E-state index contributed by atoms with van der Waals surface area (Å²) in [6.45, 7) is 3.96. The van der Waals surface area contributed by atoms with E-state index in [1.165, 1.54) is 0 Å².